The molecule has 19 heavy (non-hydrogen) atoms. The van der Waals surface area contributed by atoms with Crippen molar-refractivity contribution in [2.75, 3.05) is 5.32 Å². The maximum absolute atomic E-state index is 8.70. The average molecular weight is 258 g/mol. The molecule has 0 bridgehead atoms. The lowest BCUT2D eigenvalue weighted by Gasteiger charge is -2.32. The summed E-state index contributed by atoms with van der Waals surface area (Å²) in [5.74, 6) is 2.22. The summed E-state index contributed by atoms with van der Waals surface area (Å²) in [6, 6.07) is 2.36. The van der Waals surface area contributed by atoms with Crippen LogP contribution in [-0.4, -0.2) is 16.0 Å². The predicted octanol–water partition coefficient (Wildman–Crippen LogP) is 3.37. The zero-order valence-corrected chi connectivity index (χ0v) is 11.8. The van der Waals surface area contributed by atoms with Crippen LogP contribution >= 0.6 is 0 Å². The first-order chi connectivity index (χ1) is 9.20. The summed E-state index contributed by atoms with van der Waals surface area (Å²) < 4.78 is 0. The van der Waals surface area contributed by atoms with Crippen LogP contribution in [0.4, 0.5) is 5.82 Å². The third-order valence-electron chi connectivity index (χ3n) is 4.32. The number of hydrogen-bond donors (Lipinski definition) is 1. The van der Waals surface area contributed by atoms with Gasteiger partial charge >= 0.3 is 0 Å². The molecular formula is C15H22N4. The Morgan fingerprint density at radius 1 is 1.21 bits per heavy atom. The van der Waals surface area contributed by atoms with Crippen molar-refractivity contribution in [2.45, 2.75) is 52.0 Å². The number of anilines is 1. The van der Waals surface area contributed by atoms with Crippen molar-refractivity contribution in [3.63, 3.8) is 0 Å². The molecule has 0 aromatic carbocycles. The van der Waals surface area contributed by atoms with E-state index in [9.17, 15) is 0 Å². The van der Waals surface area contributed by atoms with E-state index < -0.39 is 0 Å². The zero-order chi connectivity index (χ0) is 13.7. The van der Waals surface area contributed by atoms with E-state index in [1.54, 1.807) is 6.20 Å². The summed E-state index contributed by atoms with van der Waals surface area (Å²) >= 11 is 0. The highest BCUT2D eigenvalue weighted by molar-refractivity contribution is 5.34. The van der Waals surface area contributed by atoms with E-state index in [-0.39, 0.29) is 0 Å². The molecule has 2 unspecified atom stereocenters. The van der Waals surface area contributed by atoms with Crippen molar-refractivity contribution in [3.05, 3.63) is 18.1 Å². The minimum Gasteiger partial charge on any atom is -0.366 e. The first-order valence-corrected chi connectivity index (χ1v) is 7.19. The Balaban J connectivity index is 1.91. The molecule has 1 N–H and O–H groups in total. The lowest BCUT2D eigenvalue weighted by Crippen LogP contribution is -2.31. The Kier molecular flexibility index (Phi) is 4.73. The second-order valence-corrected chi connectivity index (χ2v) is 5.59. The molecule has 1 aliphatic rings. The van der Waals surface area contributed by atoms with Gasteiger partial charge in [-0.15, -0.1) is 0 Å². The topological polar surface area (TPSA) is 61.6 Å². The fraction of sp³-hybridized carbons (Fsp3) is 0.667. The zero-order valence-electron chi connectivity index (χ0n) is 11.8. The van der Waals surface area contributed by atoms with Gasteiger partial charge in [-0.2, -0.15) is 5.26 Å². The van der Waals surface area contributed by atoms with Gasteiger partial charge in [0.2, 0.25) is 0 Å². The van der Waals surface area contributed by atoms with Crippen LogP contribution in [0.3, 0.4) is 0 Å². The normalized spacial score (nSPS) is 19.4. The fourth-order valence-corrected chi connectivity index (χ4v) is 2.89. The maximum atomic E-state index is 8.70. The van der Waals surface area contributed by atoms with Gasteiger partial charge in [0.15, 0.2) is 5.69 Å². The van der Waals surface area contributed by atoms with E-state index in [4.69, 9.17) is 5.26 Å². The first kappa shape index (κ1) is 13.8. The minimum atomic E-state index is 0.360. The van der Waals surface area contributed by atoms with Gasteiger partial charge in [-0.1, -0.05) is 39.0 Å². The summed E-state index contributed by atoms with van der Waals surface area (Å²) in [5, 5.41) is 12.1. The Morgan fingerprint density at radius 3 is 2.53 bits per heavy atom. The highest BCUT2D eigenvalue weighted by Gasteiger charge is 2.24. The van der Waals surface area contributed by atoms with Crippen molar-refractivity contribution >= 4 is 5.82 Å². The van der Waals surface area contributed by atoms with Gasteiger partial charge in [-0.3, -0.25) is 0 Å². The monoisotopic (exact) mass is 258 g/mol. The predicted molar refractivity (Wildman–Crippen MR) is 75.6 cm³/mol. The molecule has 2 atom stereocenters. The van der Waals surface area contributed by atoms with Crippen LogP contribution in [-0.2, 0) is 0 Å². The standard InChI is InChI=1S/C15H22N4/c1-11(13-6-4-3-5-7-13)12(2)19-15-10-17-14(8-16)9-18-15/h9-13H,3-7H2,1-2H3,(H,18,19). The van der Waals surface area contributed by atoms with E-state index in [1.165, 1.54) is 38.3 Å². The number of aromatic nitrogens is 2. The summed E-state index contributed by atoms with van der Waals surface area (Å²) in [6.07, 6.45) is 10.0. The van der Waals surface area contributed by atoms with Crippen molar-refractivity contribution in [2.24, 2.45) is 11.8 Å². The Bertz CT molecular complexity index is 428. The number of rotatable bonds is 4. The van der Waals surface area contributed by atoms with Gasteiger partial charge in [0, 0.05) is 6.04 Å². The summed E-state index contributed by atoms with van der Waals surface area (Å²) in [6.45, 7) is 4.53. The van der Waals surface area contributed by atoms with Crippen LogP contribution in [0.5, 0.6) is 0 Å². The van der Waals surface area contributed by atoms with E-state index in [2.05, 4.69) is 29.1 Å². The third-order valence-corrected chi connectivity index (χ3v) is 4.32. The highest BCUT2D eigenvalue weighted by atomic mass is 15.0. The molecule has 1 aromatic heterocycles. The molecule has 4 heteroatoms. The van der Waals surface area contributed by atoms with Gasteiger partial charge in [-0.05, 0) is 18.8 Å². The second kappa shape index (κ2) is 6.51. The molecule has 1 saturated carbocycles. The number of nitriles is 1. The molecule has 102 valence electrons. The maximum Gasteiger partial charge on any atom is 0.158 e. The van der Waals surface area contributed by atoms with Crippen molar-refractivity contribution < 1.29 is 0 Å². The van der Waals surface area contributed by atoms with Crippen molar-refractivity contribution in [3.8, 4) is 6.07 Å². The second-order valence-electron chi connectivity index (χ2n) is 5.59. The molecule has 0 radical (unpaired) electrons. The van der Waals surface area contributed by atoms with Gasteiger partial charge in [-0.25, -0.2) is 9.97 Å². The van der Waals surface area contributed by atoms with E-state index >= 15 is 0 Å². The lowest BCUT2D eigenvalue weighted by atomic mass is 9.78. The Morgan fingerprint density at radius 2 is 1.95 bits per heavy atom. The van der Waals surface area contributed by atoms with Gasteiger partial charge in [0.25, 0.3) is 0 Å². The molecule has 1 fully saturated rings. The molecule has 1 aliphatic carbocycles. The van der Waals surface area contributed by atoms with Crippen LogP contribution in [0.2, 0.25) is 0 Å². The largest absolute Gasteiger partial charge is 0.366 e. The summed E-state index contributed by atoms with van der Waals surface area (Å²) in [7, 11) is 0. The van der Waals surface area contributed by atoms with Crippen molar-refractivity contribution in [1.82, 2.24) is 9.97 Å². The SMILES string of the molecule is CC(Nc1cnc(C#N)cn1)C(C)C1CCCCC1. The summed E-state index contributed by atoms with van der Waals surface area (Å²) in [4.78, 5) is 8.26. The van der Waals surface area contributed by atoms with E-state index in [0.717, 1.165) is 11.7 Å². The fourth-order valence-electron chi connectivity index (χ4n) is 2.89. The van der Waals surface area contributed by atoms with Gasteiger partial charge in [0.1, 0.15) is 11.9 Å². The molecular weight excluding hydrogens is 236 g/mol. The molecule has 0 saturated heterocycles. The Hall–Kier alpha value is -1.63. The molecule has 4 nitrogen and oxygen atoms in total. The molecule has 1 aromatic rings. The van der Waals surface area contributed by atoms with E-state index in [1.807, 2.05) is 6.07 Å². The van der Waals surface area contributed by atoms with Gasteiger partial charge < -0.3 is 5.32 Å². The van der Waals surface area contributed by atoms with Crippen molar-refractivity contribution in [1.29, 1.82) is 5.26 Å². The minimum absolute atomic E-state index is 0.360. The first-order valence-electron chi connectivity index (χ1n) is 7.19. The molecule has 2 rings (SSSR count). The number of nitrogens with zero attached hydrogens (tertiary/aromatic N) is 3. The Labute approximate surface area is 115 Å². The lowest BCUT2D eigenvalue weighted by molar-refractivity contribution is 0.246. The third kappa shape index (κ3) is 3.66. The molecule has 0 aliphatic heterocycles. The van der Waals surface area contributed by atoms with Crippen LogP contribution in [0.25, 0.3) is 0 Å². The molecule has 0 amide bonds. The molecule has 1 heterocycles. The number of hydrogen-bond acceptors (Lipinski definition) is 4. The van der Waals surface area contributed by atoms with Gasteiger partial charge in [0.05, 0.1) is 12.4 Å². The number of nitrogens with one attached hydrogen (secondary N) is 1. The highest BCUT2D eigenvalue weighted by Crippen LogP contribution is 2.32. The van der Waals surface area contributed by atoms with Crippen LogP contribution < -0.4 is 5.32 Å². The van der Waals surface area contributed by atoms with E-state index in [0.29, 0.717) is 17.7 Å². The van der Waals surface area contributed by atoms with Crippen LogP contribution in [0, 0.1) is 23.2 Å². The summed E-state index contributed by atoms with van der Waals surface area (Å²) in [5.41, 5.74) is 0.360. The smallest absolute Gasteiger partial charge is 0.158 e. The van der Waals surface area contributed by atoms with Crippen LogP contribution in [0.1, 0.15) is 51.6 Å². The van der Waals surface area contributed by atoms with Crippen LogP contribution in [0.15, 0.2) is 12.4 Å². The molecule has 0 spiro atoms. The average Bonchev–Trinajstić information content (AvgIpc) is 2.48. The quantitative estimate of drug-likeness (QED) is 0.899.